The van der Waals surface area contributed by atoms with Crippen LogP contribution in [-0.4, -0.2) is 28.4 Å². The molecule has 1 saturated carbocycles. The number of carbonyl (C=O) groups excluding carboxylic acids is 1. The lowest BCUT2D eigenvalue weighted by atomic mass is 9.76. The summed E-state index contributed by atoms with van der Waals surface area (Å²) in [7, 11) is 0. The number of hydrogen-bond donors (Lipinski definition) is 1. The fraction of sp³-hybridized carbons (Fsp3) is 0.500. The van der Waals surface area contributed by atoms with Crippen molar-refractivity contribution in [3.05, 3.63) is 35.4 Å². The highest BCUT2D eigenvalue weighted by atomic mass is 32.1. The van der Waals surface area contributed by atoms with Gasteiger partial charge in [0.2, 0.25) is 5.91 Å². The quantitative estimate of drug-likeness (QED) is 0.865. The number of benzene rings is 1. The summed E-state index contributed by atoms with van der Waals surface area (Å²) >= 11 is 5.03. The summed E-state index contributed by atoms with van der Waals surface area (Å²) in [6.07, 6.45) is 5.43. The first kappa shape index (κ1) is 13.6. The van der Waals surface area contributed by atoms with Crippen molar-refractivity contribution >= 4 is 23.1 Å². The zero-order valence-corrected chi connectivity index (χ0v) is 12.4. The van der Waals surface area contributed by atoms with Crippen molar-refractivity contribution in [2.45, 2.75) is 44.1 Å². The van der Waals surface area contributed by atoms with Crippen molar-refractivity contribution in [1.82, 2.24) is 4.90 Å². The van der Waals surface area contributed by atoms with Crippen LogP contribution in [0.15, 0.2) is 24.3 Å². The molecular formula is C16H20N2OS. The Morgan fingerprint density at radius 1 is 1.30 bits per heavy atom. The first-order chi connectivity index (χ1) is 9.66. The van der Waals surface area contributed by atoms with Gasteiger partial charge in [0.1, 0.15) is 0 Å². The van der Waals surface area contributed by atoms with Crippen LogP contribution in [0.2, 0.25) is 0 Å². The molecule has 1 atom stereocenters. The van der Waals surface area contributed by atoms with E-state index in [9.17, 15) is 4.79 Å². The van der Waals surface area contributed by atoms with Crippen molar-refractivity contribution in [1.29, 1.82) is 0 Å². The number of nitrogens with zero attached hydrogens (tertiary/aromatic N) is 1. The molecule has 2 aliphatic carbocycles. The molecule has 2 N–H and O–H groups in total. The summed E-state index contributed by atoms with van der Waals surface area (Å²) in [6.45, 7) is 0.428. The third kappa shape index (κ3) is 2.44. The van der Waals surface area contributed by atoms with E-state index in [-0.39, 0.29) is 11.8 Å². The summed E-state index contributed by atoms with van der Waals surface area (Å²) < 4.78 is 0. The van der Waals surface area contributed by atoms with Crippen LogP contribution in [0.1, 0.15) is 42.7 Å². The molecule has 1 fully saturated rings. The van der Waals surface area contributed by atoms with E-state index in [1.165, 1.54) is 24.0 Å². The van der Waals surface area contributed by atoms with E-state index in [0.29, 0.717) is 17.6 Å². The van der Waals surface area contributed by atoms with Crippen LogP contribution in [0.5, 0.6) is 0 Å². The lowest BCUT2D eigenvalue weighted by molar-refractivity contribution is -0.134. The summed E-state index contributed by atoms with van der Waals surface area (Å²) in [5.41, 5.74) is 8.17. The second-order valence-corrected chi connectivity index (χ2v) is 6.35. The molecule has 106 valence electrons. The molecule has 0 heterocycles. The Kier molecular flexibility index (Phi) is 3.74. The van der Waals surface area contributed by atoms with E-state index in [0.717, 1.165) is 19.3 Å². The fourth-order valence-electron chi connectivity index (χ4n) is 3.45. The number of carbonyl (C=O) groups is 1. The first-order valence-electron chi connectivity index (χ1n) is 7.33. The molecule has 0 aliphatic heterocycles. The zero-order valence-electron chi connectivity index (χ0n) is 11.5. The number of amides is 1. The number of thiocarbonyl (C=S) groups is 1. The van der Waals surface area contributed by atoms with Crippen LogP contribution in [0.25, 0.3) is 0 Å². The highest BCUT2D eigenvalue weighted by Gasteiger charge is 2.37. The standard InChI is InChI=1S/C16H20N2OS/c17-15(20)10-18(12-6-2-3-7-12)16(19)14-9-11-5-1-4-8-13(11)14/h1,4-5,8,12,14H,2-3,6-7,9-10H2,(H2,17,20). The summed E-state index contributed by atoms with van der Waals surface area (Å²) in [5.74, 6) is 0.226. The number of fused-ring (bicyclic) bond motifs is 1. The van der Waals surface area contributed by atoms with Gasteiger partial charge in [0.25, 0.3) is 0 Å². The highest BCUT2D eigenvalue weighted by Crippen LogP contribution is 2.37. The van der Waals surface area contributed by atoms with Gasteiger partial charge in [-0.3, -0.25) is 4.79 Å². The predicted octanol–water partition coefficient (Wildman–Crippen LogP) is 2.38. The SMILES string of the molecule is NC(=S)CN(C(=O)C1Cc2ccccc21)C1CCCC1. The van der Waals surface area contributed by atoms with E-state index < -0.39 is 0 Å². The van der Waals surface area contributed by atoms with Crippen LogP contribution in [0.4, 0.5) is 0 Å². The smallest absolute Gasteiger partial charge is 0.231 e. The molecule has 0 saturated heterocycles. The summed E-state index contributed by atoms with van der Waals surface area (Å²) in [4.78, 5) is 15.2. The number of rotatable bonds is 4. The Bertz CT molecular complexity index is 537. The Balaban J connectivity index is 1.78. The van der Waals surface area contributed by atoms with Gasteiger partial charge in [-0.25, -0.2) is 0 Å². The van der Waals surface area contributed by atoms with Gasteiger partial charge in [0.15, 0.2) is 0 Å². The molecule has 1 aromatic carbocycles. The minimum absolute atomic E-state index is 0.0150. The molecule has 2 aliphatic rings. The molecule has 3 rings (SSSR count). The average Bonchev–Trinajstić information content (AvgIpc) is 2.90. The highest BCUT2D eigenvalue weighted by molar-refractivity contribution is 7.80. The molecule has 1 amide bonds. The molecule has 0 aromatic heterocycles. The van der Waals surface area contributed by atoms with E-state index >= 15 is 0 Å². The number of hydrogen-bond acceptors (Lipinski definition) is 2. The summed E-state index contributed by atoms with van der Waals surface area (Å²) in [5, 5.41) is 0. The molecule has 3 nitrogen and oxygen atoms in total. The first-order valence-corrected chi connectivity index (χ1v) is 7.74. The van der Waals surface area contributed by atoms with E-state index in [2.05, 4.69) is 12.1 Å². The predicted molar refractivity (Wildman–Crippen MR) is 83.6 cm³/mol. The van der Waals surface area contributed by atoms with Crippen molar-refractivity contribution in [2.75, 3.05) is 6.54 Å². The van der Waals surface area contributed by atoms with Gasteiger partial charge in [-0.05, 0) is 30.4 Å². The topological polar surface area (TPSA) is 46.3 Å². The molecular weight excluding hydrogens is 268 g/mol. The molecule has 0 bridgehead atoms. The van der Waals surface area contributed by atoms with Gasteiger partial charge in [0.05, 0.1) is 17.5 Å². The maximum absolute atomic E-state index is 12.8. The average molecular weight is 288 g/mol. The van der Waals surface area contributed by atoms with Gasteiger partial charge < -0.3 is 10.6 Å². The molecule has 20 heavy (non-hydrogen) atoms. The third-order valence-corrected chi connectivity index (χ3v) is 4.66. The third-order valence-electron chi connectivity index (χ3n) is 4.53. The lowest BCUT2D eigenvalue weighted by Crippen LogP contribution is -2.47. The second kappa shape index (κ2) is 5.52. The van der Waals surface area contributed by atoms with Crippen molar-refractivity contribution in [3.63, 3.8) is 0 Å². The summed E-state index contributed by atoms with van der Waals surface area (Å²) in [6, 6.07) is 8.54. The fourth-order valence-corrected chi connectivity index (χ4v) is 3.59. The van der Waals surface area contributed by atoms with Gasteiger partial charge in [-0.1, -0.05) is 49.3 Å². The number of nitrogens with two attached hydrogens (primary N) is 1. The van der Waals surface area contributed by atoms with Gasteiger partial charge in [0, 0.05) is 6.04 Å². The maximum atomic E-state index is 12.8. The minimum atomic E-state index is 0.0150. The molecule has 1 aromatic rings. The van der Waals surface area contributed by atoms with E-state index in [4.69, 9.17) is 18.0 Å². The van der Waals surface area contributed by atoms with Crippen LogP contribution in [0, 0.1) is 0 Å². The van der Waals surface area contributed by atoms with Gasteiger partial charge >= 0.3 is 0 Å². The van der Waals surface area contributed by atoms with Crippen molar-refractivity contribution < 1.29 is 4.79 Å². The normalized spacial score (nSPS) is 21.1. The van der Waals surface area contributed by atoms with Crippen LogP contribution in [-0.2, 0) is 11.2 Å². The molecule has 4 heteroatoms. The second-order valence-electron chi connectivity index (χ2n) is 5.83. The van der Waals surface area contributed by atoms with Crippen LogP contribution in [0.3, 0.4) is 0 Å². The molecule has 0 spiro atoms. The largest absolute Gasteiger partial charge is 0.392 e. The lowest BCUT2D eigenvalue weighted by Gasteiger charge is -2.36. The van der Waals surface area contributed by atoms with Gasteiger partial charge in [-0.15, -0.1) is 0 Å². The monoisotopic (exact) mass is 288 g/mol. The van der Waals surface area contributed by atoms with Crippen molar-refractivity contribution in [3.8, 4) is 0 Å². The molecule has 1 unspecified atom stereocenters. The minimum Gasteiger partial charge on any atom is -0.392 e. The Morgan fingerprint density at radius 2 is 2.00 bits per heavy atom. The van der Waals surface area contributed by atoms with Crippen LogP contribution >= 0.6 is 12.2 Å². The zero-order chi connectivity index (χ0) is 14.1. The Hall–Kier alpha value is -1.42. The van der Waals surface area contributed by atoms with E-state index in [1.54, 1.807) is 0 Å². The van der Waals surface area contributed by atoms with Gasteiger partial charge in [-0.2, -0.15) is 0 Å². The Morgan fingerprint density at radius 3 is 2.65 bits per heavy atom. The van der Waals surface area contributed by atoms with Crippen LogP contribution < -0.4 is 5.73 Å². The van der Waals surface area contributed by atoms with E-state index in [1.807, 2.05) is 17.0 Å². The molecule has 0 radical (unpaired) electrons. The van der Waals surface area contributed by atoms with Crippen molar-refractivity contribution in [2.24, 2.45) is 5.73 Å². The maximum Gasteiger partial charge on any atom is 0.231 e. The Labute approximate surface area is 125 Å².